The predicted octanol–water partition coefficient (Wildman–Crippen LogP) is 2.61. The number of hydrogen-bond acceptors (Lipinski definition) is 7. The van der Waals surface area contributed by atoms with E-state index >= 15 is 0 Å². The highest BCUT2D eigenvalue weighted by molar-refractivity contribution is 14.1. The van der Waals surface area contributed by atoms with E-state index in [1.54, 1.807) is 9.80 Å². The van der Waals surface area contributed by atoms with Crippen molar-refractivity contribution in [2.24, 2.45) is 0 Å². The highest BCUT2D eigenvalue weighted by atomic mass is 127. The number of halogens is 3. The number of rotatable bonds is 15. The van der Waals surface area contributed by atoms with Crippen molar-refractivity contribution in [2.75, 3.05) is 43.2 Å². The molecule has 2 atom stereocenters. The van der Waals surface area contributed by atoms with Gasteiger partial charge >= 0.3 is 0 Å². The van der Waals surface area contributed by atoms with Crippen LogP contribution in [-0.2, 0) is 9.59 Å². The third kappa shape index (κ3) is 9.97. The van der Waals surface area contributed by atoms with Crippen LogP contribution in [0.5, 0.6) is 0 Å². The van der Waals surface area contributed by atoms with Crippen LogP contribution >= 0.6 is 67.8 Å². The van der Waals surface area contributed by atoms with E-state index in [1.165, 1.54) is 20.9 Å². The molecule has 0 aliphatic rings. The quantitative estimate of drug-likeness (QED) is 0.135. The summed E-state index contributed by atoms with van der Waals surface area (Å²) in [5.41, 5.74) is 1.47. The normalized spacial score (nSPS) is 12.7. The van der Waals surface area contributed by atoms with Crippen molar-refractivity contribution < 1.29 is 34.8 Å². The molecule has 10 nitrogen and oxygen atoms in total. The average Bonchev–Trinajstić information content (AvgIpc) is 2.85. The van der Waals surface area contributed by atoms with Gasteiger partial charge in [0.15, 0.2) is 0 Å². The summed E-state index contributed by atoms with van der Waals surface area (Å²) in [4.78, 5) is 41.7. The molecule has 0 aliphatic carbocycles. The Kier molecular flexibility index (Phi) is 16.3. The van der Waals surface area contributed by atoms with Gasteiger partial charge in [0, 0.05) is 34.0 Å². The van der Waals surface area contributed by atoms with Crippen LogP contribution in [0.25, 0.3) is 0 Å². The smallest absolute Gasteiger partial charge is 0.253 e. The lowest BCUT2D eigenvalue weighted by atomic mass is 10.1. The lowest BCUT2D eigenvalue weighted by Crippen LogP contribution is -2.36. The third-order valence-electron chi connectivity index (χ3n) is 5.78. The Bertz CT molecular complexity index is 886. The predicted molar refractivity (Wildman–Crippen MR) is 168 cm³/mol. The van der Waals surface area contributed by atoms with Gasteiger partial charge in [-0.1, -0.05) is 0 Å². The molecular weight excluding hydrogens is 823 g/mol. The van der Waals surface area contributed by atoms with E-state index in [9.17, 15) is 24.6 Å². The van der Waals surface area contributed by atoms with E-state index in [2.05, 4.69) is 73.1 Å². The second-order valence-corrected chi connectivity index (χ2v) is 11.8. The van der Waals surface area contributed by atoms with Gasteiger partial charge in [0.1, 0.15) is 0 Å². The summed E-state index contributed by atoms with van der Waals surface area (Å²) in [5, 5.41) is 40.0. The molecule has 0 bridgehead atoms. The fourth-order valence-corrected chi connectivity index (χ4v) is 8.59. The Morgan fingerprint density at radius 2 is 1.14 bits per heavy atom. The number of amides is 3. The van der Waals surface area contributed by atoms with Crippen molar-refractivity contribution in [1.29, 1.82) is 0 Å². The maximum atomic E-state index is 13.0. The Balaban J connectivity index is 3.55. The molecule has 1 rings (SSSR count). The summed E-state index contributed by atoms with van der Waals surface area (Å²) in [5.74, 6) is -0.779. The van der Waals surface area contributed by atoms with Gasteiger partial charge in [-0.2, -0.15) is 0 Å². The van der Waals surface area contributed by atoms with Crippen molar-refractivity contribution in [2.45, 2.75) is 64.6 Å². The van der Waals surface area contributed by atoms with Gasteiger partial charge in [0.25, 0.3) is 5.91 Å². The maximum absolute atomic E-state index is 13.0. The topological polar surface area (TPSA) is 151 Å². The molecule has 5 N–H and O–H groups in total. The van der Waals surface area contributed by atoms with Crippen molar-refractivity contribution in [3.05, 3.63) is 16.3 Å². The monoisotopic (exact) mass is 859 g/mol. The number of carbonyl (C=O) groups excluding carboxylic acids is 3. The molecule has 0 saturated carbocycles. The second kappa shape index (κ2) is 17.4. The Hall–Kier alpha value is -0.340. The van der Waals surface area contributed by atoms with E-state index in [0.29, 0.717) is 79.3 Å². The minimum absolute atomic E-state index is 0.221. The molecular formula is C24H36I3N3O7. The molecule has 0 spiro atoms. The molecule has 3 amide bonds. The van der Waals surface area contributed by atoms with E-state index in [0.717, 1.165) is 0 Å². The number of nitrogens with zero attached hydrogens (tertiary/aromatic N) is 2. The summed E-state index contributed by atoms with van der Waals surface area (Å²) < 4.78 is 1.85. The van der Waals surface area contributed by atoms with Crippen LogP contribution in [0.4, 0.5) is 11.4 Å². The minimum atomic E-state index is -0.807. The maximum Gasteiger partial charge on any atom is 0.253 e. The first-order valence-corrected chi connectivity index (χ1v) is 15.2. The second-order valence-electron chi connectivity index (χ2n) is 8.60. The Morgan fingerprint density at radius 3 is 1.43 bits per heavy atom. The number of benzene rings is 1. The van der Waals surface area contributed by atoms with E-state index < -0.39 is 12.2 Å². The van der Waals surface area contributed by atoms with Crippen LogP contribution in [-0.4, -0.2) is 83.7 Å². The van der Waals surface area contributed by atoms with Crippen molar-refractivity contribution in [3.63, 3.8) is 0 Å². The first-order valence-electron chi connectivity index (χ1n) is 12.0. The molecule has 0 fully saturated rings. The molecule has 0 saturated heterocycles. The highest BCUT2D eigenvalue weighted by Crippen LogP contribution is 2.43. The average molecular weight is 859 g/mol. The van der Waals surface area contributed by atoms with Crippen molar-refractivity contribution >= 4 is 96.9 Å². The number of nitrogens with one attached hydrogen (secondary N) is 1. The van der Waals surface area contributed by atoms with Gasteiger partial charge in [0.2, 0.25) is 11.8 Å². The van der Waals surface area contributed by atoms with Gasteiger partial charge in [0.05, 0.1) is 53.1 Å². The van der Waals surface area contributed by atoms with Crippen LogP contribution in [0.2, 0.25) is 0 Å². The lowest BCUT2D eigenvalue weighted by molar-refractivity contribution is -0.117. The van der Waals surface area contributed by atoms with Gasteiger partial charge < -0.3 is 35.5 Å². The van der Waals surface area contributed by atoms with Crippen LogP contribution in [0, 0.1) is 10.7 Å². The van der Waals surface area contributed by atoms with Crippen LogP contribution in [0.3, 0.4) is 0 Å². The molecule has 1 aromatic carbocycles. The van der Waals surface area contributed by atoms with Gasteiger partial charge in [-0.15, -0.1) is 0 Å². The molecule has 0 aromatic heterocycles. The lowest BCUT2D eigenvalue weighted by Gasteiger charge is -2.31. The van der Waals surface area contributed by atoms with Gasteiger partial charge in [-0.25, -0.2) is 0 Å². The van der Waals surface area contributed by atoms with Crippen LogP contribution in [0.15, 0.2) is 0 Å². The molecule has 2 unspecified atom stereocenters. The molecule has 0 radical (unpaired) electrons. The fraction of sp³-hybridized carbons (Fsp3) is 0.625. The Morgan fingerprint density at radius 1 is 0.757 bits per heavy atom. The summed E-state index contributed by atoms with van der Waals surface area (Å²) >= 11 is 6.26. The van der Waals surface area contributed by atoms with E-state index in [1.807, 2.05) is 0 Å². The number of unbranched alkanes of at least 4 members (excludes halogenated alkanes) is 2. The van der Waals surface area contributed by atoms with Gasteiger partial charge in [-0.05, 0) is 106 Å². The molecule has 0 heterocycles. The number of aliphatic hydroxyl groups excluding tert-OH is 4. The SMILES string of the molecule is CNC(=O)c1c(I)c(N(CCCCC(O)CO)C(C)=O)c(I)c(N(CCCCC(O)CO)C(C)=O)c1I. The zero-order valence-corrected chi connectivity index (χ0v) is 27.7. The Labute approximate surface area is 259 Å². The van der Waals surface area contributed by atoms with Crippen molar-refractivity contribution in [1.82, 2.24) is 5.32 Å². The summed E-state index contributed by atoms with van der Waals surface area (Å²) in [7, 11) is 1.52. The zero-order chi connectivity index (χ0) is 28.3. The molecule has 13 heteroatoms. The van der Waals surface area contributed by atoms with E-state index in [4.69, 9.17) is 10.2 Å². The molecule has 0 aliphatic heterocycles. The fourth-order valence-electron chi connectivity index (χ4n) is 3.77. The number of carbonyl (C=O) groups is 3. The number of anilines is 2. The minimum Gasteiger partial charge on any atom is -0.394 e. The summed E-state index contributed by atoms with van der Waals surface area (Å²) in [6.45, 7) is 2.93. The summed E-state index contributed by atoms with van der Waals surface area (Å²) in [6, 6.07) is 0. The van der Waals surface area contributed by atoms with Crippen LogP contribution < -0.4 is 15.1 Å². The highest BCUT2D eigenvalue weighted by Gasteiger charge is 2.31. The standard InChI is InChI=1S/C24H36I3N3O7/c1-14(33)29(10-6-4-8-16(35)12-31)22-19(25)18(24(37)28-3)20(26)23(21(22)27)30(15(2)34)11-7-5-9-17(36)13-32/h16-17,31-32,35-36H,4-13H2,1-3H3,(H,28,37). The van der Waals surface area contributed by atoms with E-state index in [-0.39, 0.29) is 30.9 Å². The largest absolute Gasteiger partial charge is 0.394 e. The number of hydrogen-bond donors (Lipinski definition) is 5. The molecule has 210 valence electrons. The third-order valence-corrected chi connectivity index (χ3v) is 8.91. The molecule has 37 heavy (non-hydrogen) atoms. The number of aliphatic hydroxyl groups is 4. The molecule has 1 aromatic rings. The first kappa shape index (κ1) is 34.7. The van der Waals surface area contributed by atoms with Crippen molar-refractivity contribution in [3.8, 4) is 0 Å². The first-order chi connectivity index (χ1) is 17.4. The zero-order valence-electron chi connectivity index (χ0n) is 21.3. The van der Waals surface area contributed by atoms with Crippen LogP contribution in [0.1, 0.15) is 62.7 Å². The summed E-state index contributed by atoms with van der Waals surface area (Å²) in [6.07, 6.45) is 1.53. The van der Waals surface area contributed by atoms with Gasteiger partial charge in [-0.3, -0.25) is 14.4 Å².